The van der Waals surface area contributed by atoms with Crippen molar-refractivity contribution in [2.24, 2.45) is 5.73 Å². The zero-order chi connectivity index (χ0) is 17.9. The third kappa shape index (κ3) is 4.14. The van der Waals surface area contributed by atoms with Crippen molar-refractivity contribution >= 4 is 28.9 Å². The van der Waals surface area contributed by atoms with Crippen LogP contribution in [-0.2, 0) is 4.79 Å². The van der Waals surface area contributed by atoms with Gasteiger partial charge in [0.15, 0.2) is 0 Å². The topological polar surface area (TPSA) is 67.1 Å². The summed E-state index contributed by atoms with van der Waals surface area (Å²) in [5.74, 6) is -0.126. The van der Waals surface area contributed by atoms with Crippen molar-refractivity contribution < 1.29 is 4.79 Å². The van der Waals surface area contributed by atoms with Crippen LogP contribution in [0.1, 0.15) is 44.2 Å². The van der Waals surface area contributed by atoms with Crippen LogP contribution < -0.4 is 16.4 Å². The molecule has 4 nitrogen and oxygen atoms in total. The van der Waals surface area contributed by atoms with Crippen molar-refractivity contribution in [2.75, 3.05) is 10.6 Å². The average Bonchev–Trinajstić information content (AvgIpc) is 3.06. The highest BCUT2D eigenvalue weighted by molar-refractivity contribution is 6.33. The van der Waals surface area contributed by atoms with E-state index in [-0.39, 0.29) is 11.9 Å². The van der Waals surface area contributed by atoms with E-state index in [1.54, 1.807) is 6.07 Å². The number of nitrogens with one attached hydrogen (secondary N) is 2. The van der Waals surface area contributed by atoms with Gasteiger partial charge in [-0.15, -0.1) is 0 Å². The highest BCUT2D eigenvalue weighted by atomic mass is 35.5. The van der Waals surface area contributed by atoms with Crippen LogP contribution in [0.4, 0.5) is 11.4 Å². The quantitative estimate of drug-likeness (QED) is 0.725. The second kappa shape index (κ2) is 7.46. The lowest BCUT2D eigenvalue weighted by Crippen LogP contribution is -2.48. The summed E-state index contributed by atoms with van der Waals surface area (Å²) in [7, 11) is 0. The molecule has 0 aromatic heterocycles. The number of anilines is 2. The van der Waals surface area contributed by atoms with Crippen LogP contribution in [0, 0.1) is 0 Å². The summed E-state index contributed by atoms with van der Waals surface area (Å²) in [6.07, 6.45) is 3.48. The Morgan fingerprint density at radius 3 is 2.48 bits per heavy atom. The standard InChI is InChI=1S/C20H24ClN3O/c1-14(15-7-3-2-4-8-15)23-18-10-9-16(13-17(18)21)24-19(25)20(22)11-5-6-12-20/h2-4,7-10,13-14,23H,5-6,11-12,22H2,1H3,(H,24,25). The van der Waals surface area contributed by atoms with Crippen molar-refractivity contribution in [3.8, 4) is 0 Å². The molecule has 0 heterocycles. The maximum Gasteiger partial charge on any atom is 0.244 e. The molecule has 2 aromatic carbocycles. The van der Waals surface area contributed by atoms with Crippen LogP contribution in [0.2, 0.25) is 5.02 Å². The monoisotopic (exact) mass is 357 g/mol. The zero-order valence-corrected chi connectivity index (χ0v) is 15.1. The zero-order valence-electron chi connectivity index (χ0n) is 14.4. The number of halogens is 1. The van der Waals surface area contributed by atoms with Gasteiger partial charge >= 0.3 is 0 Å². The summed E-state index contributed by atoms with van der Waals surface area (Å²) < 4.78 is 0. The number of amides is 1. The minimum absolute atomic E-state index is 0.126. The Balaban J connectivity index is 1.67. The van der Waals surface area contributed by atoms with E-state index in [0.29, 0.717) is 10.7 Å². The Kier molecular flexibility index (Phi) is 5.30. The molecule has 0 radical (unpaired) electrons. The highest BCUT2D eigenvalue weighted by Gasteiger charge is 2.36. The number of nitrogens with two attached hydrogens (primary N) is 1. The van der Waals surface area contributed by atoms with Gasteiger partial charge < -0.3 is 16.4 Å². The van der Waals surface area contributed by atoms with Gasteiger partial charge in [-0.1, -0.05) is 54.8 Å². The second-order valence-electron chi connectivity index (χ2n) is 6.79. The fourth-order valence-corrected chi connectivity index (χ4v) is 3.49. The number of carbonyl (C=O) groups is 1. The van der Waals surface area contributed by atoms with E-state index < -0.39 is 5.54 Å². The predicted octanol–water partition coefficient (Wildman–Crippen LogP) is 4.72. The van der Waals surface area contributed by atoms with E-state index in [9.17, 15) is 4.79 Å². The number of benzene rings is 2. The number of hydrogen-bond acceptors (Lipinski definition) is 3. The van der Waals surface area contributed by atoms with Gasteiger partial charge in [0.25, 0.3) is 0 Å². The van der Waals surface area contributed by atoms with E-state index >= 15 is 0 Å². The van der Waals surface area contributed by atoms with Crippen LogP contribution >= 0.6 is 11.6 Å². The Labute approximate surface area is 153 Å². The molecule has 3 rings (SSSR count). The Bertz CT molecular complexity index is 742. The lowest BCUT2D eigenvalue weighted by molar-refractivity contribution is -0.121. The molecule has 1 amide bonds. The van der Waals surface area contributed by atoms with E-state index in [1.807, 2.05) is 30.3 Å². The number of rotatable bonds is 5. The van der Waals surface area contributed by atoms with Crippen molar-refractivity contribution in [1.82, 2.24) is 0 Å². The van der Waals surface area contributed by atoms with E-state index in [1.165, 1.54) is 5.56 Å². The first-order chi connectivity index (χ1) is 12.0. The van der Waals surface area contributed by atoms with Crippen LogP contribution in [0.3, 0.4) is 0 Å². The first-order valence-electron chi connectivity index (χ1n) is 8.69. The van der Waals surface area contributed by atoms with E-state index in [2.05, 4.69) is 29.7 Å². The van der Waals surface area contributed by atoms with Gasteiger partial charge in [-0.05, 0) is 43.5 Å². The minimum atomic E-state index is -0.745. The van der Waals surface area contributed by atoms with Gasteiger partial charge in [-0.25, -0.2) is 0 Å². The average molecular weight is 358 g/mol. The van der Waals surface area contributed by atoms with Crippen LogP contribution in [-0.4, -0.2) is 11.4 Å². The van der Waals surface area contributed by atoms with Crippen LogP contribution in [0.5, 0.6) is 0 Å². The molecule has 0 spiro atoms. The fourth-order valence-electron chi connectivity index (χ4n) is 3.26. The molecular formula is C20H24ClN3O. The molecule has 1 aliphatic carbocycles. The Morgan fingerprint density at radius 2 is 1.84 bits per heavy atom. The predicted molar refractivity (Wildman–Crippen MR) is 104 cm³/mol. The van der Waals surface area contributed by atoms with Gasteiger partial charge in [0.1, 0.15) is 0 Å². The fraction of sp³-hybridized carbons (Fsp3) is 0.350. The minimum Gasteiger partial charge on any atom is -0.377 e. The summed E-state index contributed by atoms with van der Waals surface area (Å²) in [6, 6.07) is 15.8. The molecule has 25 heavy (non-hydrogen) atoms. The molecule has 1 aliphatic rings. The molecule has 0 bridgehead atoms. The third-order valence-corrected chi connectivity index (χ3v) is 5.16. The number of carbonyl (C=O) groups excluding carboxylic acids is 1. The number of hydrogen-bond donors (Lipinski definition) is 3. The second-order valence-corrected chi connectivity index (χ2v) is 7.20. The van der Waals surface area contributed by atoms with Gasteiger partial charge in [-0.2, -0.15) is 0 Å². The van der Waals surface area contributed by atoms with E-state index in [0.717, 1.165) is 31.4 Å². The first kappa shape index (κ1) is 17.8. The summed E-state index contributed by atoms with van der Waals surface area (Å²) in [6.45, 7) is 2.08. The maximum atomic E-state index is 12.4. The maximum absolute atomic E-state index is 12.4. The molecule has 4 N–H and O–H groups in total. The summed E-state index contributed by atoms with van der Waals surface area (Å²) >= 11 is 6.39. The summed E-state index contributed by atoms with van der Waals surface area (Å²) in [5, 5.41) is 6.87. The lowest BCUT2D eigenvalue weighted by Gasteiger charge is -2.22. The molecule has 0 saturated heterocycles. The van der Waals surface area contributed by atoms with Gasteiger partial charge in [0.05, 0.1) is 16.2 Å². The van der Waals surface area contributed by atoms with Crippen LogP contribution in [0.15, 0.2) is 48.5 Å². The van der Waals surface area contributed by atoms with Gasteiger partial charge in [0, 0.05) is 11.7 Å². The molecule has 1 unspecified atom stereocenters. The largest absolute Gasteiger partial charge is 0.377 e. The molecule has 5 heteroatoms. The van der Waals surface area contributed by atoms with Gasteiger partial charge in [-0.3, -0.25) is 4.79 Å². The van der Waals surface area contributed by atoms with E-state index in [4.69, 9.17) is 17.3 Å². The van der Waals surface area contributed by atoms with Crippen LogP contribution in [0.25, 0.3) is 0 Å². The first-order valence-corrected chi connectivity index (χ1v) is 9.07. The molecule has 132 valence electrons. The van der Waals surface area contributed by atoms with Gasteiger partial charge in [0.2, 0.25) is 5.91 Å². The van der Waals surface area contributed by atoms with Crippen molar-refractivity contribution in [1.29, 1.82) is 0 Å². The normalized spacial score (nSPS) is 17.1. The summed E-state index contributed by atoms with van der Waals surface area (Å²) in [5.41, 5.74) is 8.13. The SMILES string of the molecule is CC(Nc1ccc(NC(=O)C2(N)CCCC2)cc1Cl)c1ccccc1. The molecule has 1 atom stereocenters. The van der Waals surface area contributed by atoms with Crippen molar-refractivity contribution in [2.45, 2.75) is 44.2 Å². The molecule has 2 aromatic rings. The molecule has 1 fully saturated rings. The molecular weight excluding hydrogens is 334 g/mol. The molecule has 0 aliphatic heterocycles. The van der Waals surface area contributed by atoms with Crippen molar-refractivity contribution in [3.63, 3.8) is 0 Å². The highest BCUT2D eigenvalue weighted by Crippen LogP contribution is 2.31. The lowest BCUT2D eigenvalue weighted by atomic mass is 9.98. The molecule has 1 saturated carbocycles. The third-order valence-electron chi connectivity index (χ3n) is 4.85. The summed E-state index contributed by atoms with van der Waals surface area (Å²) in [4.78, 5) is 12.4. The smallest absolute Gasteiger partial charge is 0.244 e. The Hall–Kier alpha value is -2.04. The van der Waals surface area contributed by atoms with Crippen molar-refractivity contribution in [3.05, 3.63) is 59.1 Å². The Morgan fingerprint density at radius 1 is 1.16 bits per heavy atom.